The zero-order chi connectivity index (χ0) is 14.0. The van der Waals surface area contributed by atoms with Crippen LogP contribution in [0.3, 0.4) is 0 Å². The number of rotatable bonds is 3. The minimum atomic E-state index is -0.513. The lowest BCUT2D eigenvalue weighted by molar-refractivity contribution is 0.558. The average molecular weight is 347 g/mol. The highest BCUT2D eigenvalue weighted by molar-refractivity contribution is 9.10. The Morgan fingerprint density at radius 1 is 1.16 bits per heavy atom. The van der Waals surface area contributed by atoms with Crippen molar-refractivity contribution in [3.8, 4) is 0 Å². The summed E-state index contributed by atoms with van der Waals surface area (Å²) in [4.78, 5) is 0. The van der Waals surface area contributed by atoms with Crippen LogP contribution in [0.1, 0.15) is 17.2 Å². The average Bonchev–Trinajstić information content (AvgIpc) is 2.39. The number of nitrogens with one attached hydrogen (secondary N) is 1. The van der Waals surface area contributed by atoms with Gasteiger partial charge in [-0.3, -0.25) is 0 Å². The molecular weight excluding hydrogens is 336 g/mol. The minimum Gasteiger partial charge on any atom is -0.309 e. The van der Waals surface area contributed by atoms with Crippen molar-refractivity contribution >= 4 is 27.5 Å². The van der Waals surface area contributed by atoms with E-state index in [9.17, 15) is 8.78 Å². The molecule has 1 atom stereocenters. The van der Waals surface area contributed by atoms with Gasteiger partial charge in [0, 0.05) is 10.0 Å². The second-order valence-electron chi connectivity index (χ2n) is 4.03. The van der Waals surface area contributed by atoms with E-state index >= 15 is 0 Å². The van der Waals surface area contributed by atoms with Crippen LogP contribution in [-0.2, 0) is 0 Å². The Morgan fingerprint density at radius 3 is 2.58 bits per heavy atom. The summed E-state index contributed by atoms with van der Waals surface area (Å²) in [6, 6.07) is 8.23. The predicted molar refractivity (Wildman–Crippen MR) is 76.4 cm³/mol. The van der Waals surface area contributed by atoms with Gasteiger partial charge in [-0.25, -0.2) is 8.78 Å². The summed E-state index contributed by atoms with van der Waals surface area (Å²) < 4.78 is 27.9. The van der Waals surface area contributed by atoms with Gasteiger partial charge in [0.05, 0.1) is 11.1 Å². The molecule has 2 aromatic rings. The molecule has 0 amide bonds. The van der Waals surface area contributed by atoms with Crippen LogP contribution < -0.4 is 5.32 Å². The van der Waals surface area contributed by atoms with Crippen molar-refractivity contribution in [2.45, 2.75) is 6.04 Å². The maximum Gasteiger partial charge on any atom is 0.128 e. The Labute approximate surface area is 123 Å². The highest BCUT2D eigenvalue weighted by atomic mass is 79.9. The molecule has 0 aliphatic heterocycles. The lowest BCUT2D eigenvalue weighted by Crippen LogP contribution is -2.19. The Hall–Kier alpha value is -0.970. The van der Waals surface area contributed by atoms with Crippen molar-refractivity contribution in [3.05, 3.63) is 68.7 Å². The van der Waals surface area contributed by atoms with Gasteiger partial charge < -0.3 is 5.32 Å². The first-order valence-electron chi connectivity index (χ1n) is 5.60. The zero-order valence-corrected chi connectivity index (χ0v) is 12.4. The lowest BCUT2D eigenvalue weighted by atomic mass is 9.98. The number of hydrogen-bond donors (Lipinski definition) is 1. The smallest absolute Gasteiger partial charge is 0.128 e. The molecule has 0 saturated heterocycles. The van der Waals surface area contributed by atoms with Crippen molar-refractivity contribution in [2.24, 2.45) is 0 Å². The molecule has 0 fully saturated rings. The first-order valence-corrected chi connectivity index (χ1v) is 6.77. The van der Waals surface area contributed by atoms with Gasteiger partial charge in [0.2, 0.25) is 0 Å². The summed E-state index contributed by atoms with van der Waals surface area (Å²) in [6.07, 6.45) is 0. The van der Waals surface area contributed by atoms with E-state index in [-0.39, 0.29) is 5.56 Å². The van der Waals surface area contributed by atoms with Crippen molar-refractivity contribution in [2.75, 3.05) is 7.05 Å². The SMILES string of the molecule is CNC(c1cc(F)ccc1F)c1cccc(Br)c1Cl. The van der Waals surface area contributed by atoms with E-state index < -0.39 is 17.7 Å². The highest BCUT2D eigenvalue weighted by Crippen LogP contribution is 2.34. The molecule has 5 heteroatoms. The second-order valence-corrected chi connectivity index (χ2v) is 5.26. The van der Waals surface area contributed by atoms with Crippen LogP contribution in [0.4, 0.5) is 8.78 Å². The van der Waals surface area contributed by atoms with Crippen molar-refractivity contribution in [1.82, 2.24) is 5.32 Å². The normalized spacial score (nSPS) is 12.5. The quantitative estimate of drug-likeness (QED) is 0.850. The van der Waals surface area contributed by atoms with Gasteiger partial charge in [-0.15, -0.1) is 0 Å². The molecule has 0 aromatic heterocycles. The molecule has 0 heterocycles. The van der Waals surface area contributed by atoms with E-state index in [1.165, 1.54) is 6.07 Å². The fraction of sp³-hybridized carbons (Fsp3) is 0.143. The molecule has 1 nitrogen and oxygen atoms in total. The van der Waals surface area contributed by atoms with E-state index in [0.717, 1.165) is 12.1 Å². The maximum atomic E-state index is 13.9. The van der Waals surface area contributed by atoms with Gasteiger partial charge in [-0.1, -0.05) is 23.7 Å². The molecule has 0 aliphatic rings. The summed E-state index contributed by atoms with van der Waals surface area (Å²) in [5.41, 5.74) is 0.908. The van der Waals surface area contributed by atoms with Gasteiger partial charge in [0.15, 0.2) is 0 Å². The molecule has 0 spiro atoms. The van der Waals surface area contributed by atoms with Gasteiger partial charge in [0.1, 0.15) is 11.6 Å². The van der Waals surface area contributed by atoms with Crippen LogP contribution in [0.5, 0.6) is 0 Å². The van der Waals surface area contributed by atoms with E-state index in [2.05, 4.69) is 21.2 Å². The summed E-state index contributed by atoms with van der Waals surface area (Å²) in [6.45, 7) is 0. The molecule has 1 N–H and O–H groups in total. The Balaban J connectivity index is 2.56. The number of hydrogen-bond acceptors (Lipinski definition) is 1. The summed E-state index contributed by atoms with van der Waals surface area (Å²) >= 11 is 9.53. The number of benzene rings is 2. The standard InChI is InChI=1S/C14H11BrClF2N/c1-19-14(9-3-2-4-11(15)13(9)16)10-7-8(17)5-6-12(10)18/h2-7,14,19H,1H3. The molecule has 2 rings (SSSR count). The monoisotopic (exact) mass is 345 g/mol. The molecule has 100 valence electrons. The molecule has 19 heavy (non-hydrogen) atoms. The molecule has 0 aliphatic carbocycles. The topological polar surface area (TPSA) is 12.0 Å². The predicted octanol–water partition coefficient (Wildman–Crippen LogP) is 4.69. The molecule has 0 bridgehead atoms. The Kier molecular flexibility index (Phi) is 4.55. The molecule has 1 unspecified atom stereocenters. The van der Waals surface area contributed by atoms with Crippen molar-refractivity contribution in [1.29, 1.82) is 0 Å². The lowest BCUT2D eigenvalue weighted by Gasteiger charge is -2.19. The number of halogens is 4. The van der Waals surface area contributed by atoms with E-state index in [1.54, 1.807) is 25.2 Å². The van der Waals surface area contributed by atoms with E-state index in [4.69, 9.17) is 11.6 Å². The third kappa shape index (κ3) is 2.96. The van der Waals surface area contributed by atoms with E-state index in [0.29, 0.717) is 15.1 Å². The van der Waals surface area contributed by atoms with E-state index in [1.807, 2.05) is 0 Å². The summed E-state index contributed by atoms with van der Waals surface area (Å²) in [7, 11) is 1.67. The zero-order valence-electron chi connectivity index (χ0n) is 10.1. The fourth-order valence-electron chi connectivity index (χ4n) is 1.96. The molecule has 0 saturated carbocycles. The van der Waals surface area contributed by atoms with Crippen LogP contribution in [0.25, 0.3) is 0 Å². The molecule has 2 aromatic carbocycles. The van der Waals surface area contributed by atoms with Gasteiger partial charge in [-0.05, 0) is 52.8 Å². The molecular formula is C14H11BrClF2N. The second kappa shape index (κ2) is 5.99. The Bertz CT molecular complexity index is 602. The third-order valence-corrected chi connectivity index (χ3v) is 4.16. The first-order chi connectivity index (χ1) is 9.04. The summed E-state index contributed by atoms with van der Waals surface area (Å²) in [5.74, 6) is -0.959. The van der Waals surface area contributed by atoms with Crippen LogP contribution >= 0.6 is 27.5 Å². The van der Waals surface area contributed by atoms with Crippen molar-refractivity contribution in [3.63, 3.8) is 0 Å². The first kappa shape index (κ1) is 14.4. The van der Waals surface area contributed by atoms with Gasteiger partial charge >= 0.3 is 0 Å². The summed E-state index contributed by atoms with van der Waals surface area (Å²) in [5, 5.41) is 3.44. The third-order valence-electron chi connectivity index (χ3n) is 2.85. The minimum absolute atomic E-state index is 0.225. The maximum absolute atomic E-state index is 13.9. The largest absolute Gasteiger partial charge is 0.309 e. The van der Waals surface area contributed by atoms with Crippen molar-refractivity contribution < 1.29 is 8.78 Å². The Morgan fingerprint density at radius 2 is 1.89 bits per heavy atom. The van der Waals surface area contributed by atoms with Gasteiger partial charge in [0.25, 0.3) is 0 Å². The van der Waals surface area contributed by atoms with Crippen LogP contribution in [0.15, 0.2) is 40.9 Å². The van der Waals surface area contributed by atoms with Crippen LogP contribution in [-0.4, -0.2) is 7.05 Å². The molecule has 0 radical (unpaired) electrons. The highest BCUT2D eigenvalue weighted by Gasteiger charge is 2.20. The van der Waals surface area contributed by atoms with Gasteiger partial charge in [-0.2, -0.15) is 0 Å². The van der Waals surface area contributed by atoms with Crippen LogP contribution in [0, 0.1) is 11.6 Å². The van der Waals surface area contributed by atoms with Crippen LogP contribution in [0.2, 0.25) is 5.02 Å². The fourth-order valence-corrected chi connectivity index (χ4v) is 2.57.